The summed E-state index contributed by atoms with van der Waals surface area (Å²) in [6.45, 7) is 8.15. The van der Waals surface area contributed by atoms with Crippen LogP contribution in [0.25, 0.3) is 0 Å². The molecule has 0 radical (unpaired) electrons. The zero-order valence-corrected chi connectivity index (χ0v) is 15.7. The number of rotatable bonds is 5. The van der Waals surface area contributed by atoms with E-state index in [-0.39, 0.29) is 23.8 Å². The minimum Gasteiger partial charge on any atom is -0.466 e. The standard InChI is InChI=1S/C19H25N3O4/c1-11-5-7-18(25-11)16-9-22(10-17(16)20-14(4)23)19(24)8-6-15-12(2)21-26-13(15)3/h5,7,16-17H,6,8-10H2,1-4H3,(H,20,23)/t16-,17-/m1/s1. The van der Waals surface area contributed by atoms with Crippen molar-refractivity contribution in [1.29, 1.82) is 0 Å². The molecule has 1 saturated heterocycles. The van der Waals surface area contributed by atoms with Crippen molar-refractivity contribution < 1.29 is 18.5 Å². The van der Waals surface area contributed by atoms with Gasteiger partial charge in [-0.05, 0) is 39.3 Å². The Labute approximate surface area is 152 Å². The number of aromatic nitrogens is 1. The summed E-state index contributed by atoms with van der Waals surface area (Å²) in [6.07, 6.45) is 0.991. The SMILES string of the molecule is CC(=O)N[C@@H]1CN(C(=O)CCc2c(C)noc2C)C[C@H]1c1ccc(C)o1. The molecule has 3 heterocycles. The van der Waals surface area contributed by atoms with Crippen LogP contribution in [0, 0.1) is 20.8 Å². The van der Waals surface area contributed by atoms with Crippen molar-refractivity contribution in [3.8, 4) is 0 Å². The third-order valence-corrected chi connectivity index (χ3v) is 4.96. The number of hydrogen-bond acceptors (Lipinski definition) is 5. The minimum absolute atomic E-state index is 0.0318. The highest BCUT2D eigenvalue weighted by molar-refractivity contribution is 5.78. The van der Waals surface area contributed by atoms with Gasteiger partial charge in [-0.15, -0.1) is 0 Å². The number of carbonyl (C=O) groups excluding carboxylic acids is 2. The van der Waals surface area contributed by atoms with Gasteiger partial charge in [0.2, 0.25) is 11.8 Å². The number of aryl methyl sites for hydroxylation is 3. The first-order valence-electron chi connectivity index (χ1n) is 8.88. The van der Waals surface area contributed by atoms with Crippen molar-refractivity contribution >= 4 is 11.8 Å². The predicted octanol–water partition coefficient (Wildman–Crippen LogP) is 2.26. The Balaban J connectivity index is 1.68. The number of furan rings is 1. The van der Waals surface area contributed by atoms with Gasteiger partial charge < -0.3 is 19.2 Å². The van der Waals surface area contributed by atoms with Crippen molar-refractivity contribution in [1.82, 2.24) is 15.4 Å². The Morgan fingerprint density at radius 3 is 2.62 bits per heavy atom. The second-order valence-electron chi connectivity index (χ2n) is 6.96. The van der Waals surface area contributed by atoms with E-state index < -0.39 is 0 Å². The van der Waals surface area contributed by atoms with Crippen LogP contribution < -0.4 is 5.32 Å². The summed E-state index contributed by atoms with van der Waals surface area (Å²) in [5.41, 5.74) is 1.82. The lowest BCUT2D eigenvalue weighted by atomic mass is 10.0. The van der Waals surface area contributed by atoms with Crippen LogP contribution in [0.4, 0.5) is 0 Å². The molecule has 1 N–H and O–H groups in total. The quantitative estimate of drug-likeness (QED) is 0.884. The second-order valence-corrected chi connectivity index (χ2v) is 6.96. The van der Waals surface area contributed by atoms with E-state index in [1.807, 2.05) is 32.9 Å². The van der Waals surface area contributed by atoms with Crippen LogP contribution in [0.5, 0.6) is 0 Å². The first-order valence-corrected chi connectivity index (χ1v) is 8.88. The first-order chi connectivity index (χ1) is 12.3. The largest absolute Gasteiger partial charge is 0.466 e. The summed E-state index contributed by atoms with van der Waals surface area (Å²) >= 11 is 0. The number of nitrogens with one attached hydrogen (secondary N) is 1. The summed E-state index contributed by atoms with van der Waals surface area (Å²) < 4.78 is 10.9. The van der Waals surface area contributed by atoms with Gasteiger partial charge in [-0.25, -0.2) is 0 Å². The number of hydrogen-bond donors (Lipinski definition) is 1. The van der Waals surface area contributed by atoms with Gasteiger partial charge in [0.1, 0.15) is 17.3 Å². The highest BCUT2D eigenvalue weighted by atomic mass is 16.5. The van der Waals surface area contributed by atoms with Crippen molar-refractivity contribution in [3.05, 3.63) is 40.7 Å². The molecule has 0 unspecified atom stereocenters. The molecule has 2 aromatic heterocycles. The average Bonchev–Trinajstić information content (AvgIpc) is 3.25. The summed E-state index contributed by atoms with van der Waals surface area (Å²) in [7, 11) is 0. The third-order valence-electron chi connectivity index (χ3n) is 4.96. The van der Waals surface area contributed by atoms with Gasteiger partial charge in [-0.2, -0.15) is 0 Å². The Morgan fingerprint density at radius 2 is 2.04 bits per heavy atom. The fourth-order valence-electron chi connectivity index (χ4n) is 3.60. The molecule has 7 heteroatoms. The fourth-order valence-corrected chi connectivity index (χ4v) is 3.60. The van der Waals surface area contributed by atoms with Crippen LogP contribution in [0.3, 0.4) is 0 Å². The fraction of sp³-hybridized carbons (Fsp3) is 0.526. The van der Waals surface area contributed by atoms with E-state index in [0.717, 1.165) is 28.5 Å². The lowest BCUT2D eigenvalue weighted by Gasteiger charge is -2.17. The number of nitrogens with zero attached hydrogens (tertiary/aromatic N) is 2. The van der Waals surface area contributed by atoms with Crippen LogP contribution in [-0.4, -0.2) is 41.0 Å². The molecule has 7 nitrogen and oxygen atoms in total. The van der Waals surface area contributed by atoms with E-state index in [9.17, 15) is 9.59 Å². The summed E-state index contributed by atoms with van der Waals surface area (Å²) in [5.74, 6) is 2.32. The zero-order valence-electron chi connectivity index (χ0n) is 15.7. The molecule has 0 spiro atoms. The summed E-state index contributed by atoms with van der Waals surface area (Å²) in [5, 5.41) is 6.89. The molecular formula is C19H25N3O4. The summed E-state index contributed by atoms with van der Waals surface area (Å²) in [6, 6.07) is 3.69. The lowest BCUT2D eigenvalue weighted by Crippen LogP contribution is -2.39. The molecule has 140 valence electrons. The van der Waals surface area contributed by atoms with Crippen LogP contribution >= 0.6 is 0 Å². The average molecular weight is 359 g/mol. The first kappa shape index (κ1) is 18.2. The maximum atomic E-state index is 12.7. The molecule has 26 heavy (non-hydrogen) atoms. The van der Waals surface area contributed by atoms with E-state index in [0.29, 0.717) is 25.9 Å². The van der Waals surface area contributed by atoms with Gasteiger partial charge >= 0.3 is 0 Å². The predicted molar refractivity (Wildman–Crippen MR) is 94.7 cm³/mol. The van der Waals surface area contributed by atoms with Crippen LogP contribution in [-0.2, 0) is 16.0 Å². The third kappa shape index (κ3) is 3.81. The molecule has 0 saturated carbocycles. The second kappa shape index (κ2) is 7.35. The normalized spacial score (nSPS) is 19.8. The molecule has 0 bridgehead atoms. The molecule has 2 atom stereocenters. The molecule has 3 rings (SSSR count). The molecule has 0 aromatic carbocycles. The van der Waals surface area contributed by atoms with Crippen molar-refractivity contribution in [2.45, 2.75) is 52.5 Å². The van der Waals surface area contributed by atoms with E-state index in [1.165, 1.54) is 6.92 Å². The van der Waals surface area contributed by atoms with E-state index in [1.54, 1.807) is 4.90 Å². The molecule has 0 aliphatic carbocycles. The van der Waals surface area contributed by atoms with Gasteiger partial charge in [0, 0.05) is 32.0 Å². The van der Waals surface area contributed by atoms with Crippen molar-refractivity contribution in [3.63, 3.8) is 0 Å². The van der Waals surface area contributed by atoms with Crippen LogP contribution in [0.2, 0.25) is 0 Å². The van der Waals surface area contributed by atoms with E-state index in [2.05, 4.69) is 10.5 Å². The Bertz CT molecular complexity index is 788. The zero-order chi connectivity index (χ0) is 18.8. The highest BCUT2D eigenvalue weighted by Crippen LogP contribution is 2.30. The molecule has 2 amide bonds. The minimum atomic E-state index is -0.138. The van der Waals surface area contributed by atoms with Crippen molar-refractivity contribution in [2.24, 2.45) is 0 Å². The molecule has 2 aromatic rings. The smallest absolute Gasteiger partial charge is 0.222 e. The molecule has 1 fully saturated rings. The monoisotopic (exact) mass is 359 g/mol. The lowest BCUT2D eigenvalue weighted by molar-refractivity contribution is -0.130. The maximum absolute atomic E-state index is 12.7. The van der Waals surface area contributed by atoms with Gasteiger partial charge in [0.05, 0.1) is 17.7 Å². The molecular weight excluding hydrogens is 334 g/mol. The Kier molecular flexibility index (Phi) is 5.15. The van der Waals surface area contributed by atoms with Gasteiger partial charge in [-0.1, -0.05) is 5.16 Å². The van der Waals surface area contributed by atoms with E-state index >= 15 is 0 Å². The maximum Gasteiger partial charge on any atom is 0.222 e. The van der Waals surface area contributed by atoms with Crippen LogP contribution in [0.1, 0.15) is 47.8 Å². The van der Waals surface area contributed by atoms with E-state index in [4.69, 9.17) is 8.94 Å². The number of amides is 2. The topological polar surface area (TPSA) is 88.6 Å². The van der Waals surface area contributed by atoms with Crippen LogP contribution in [0.15, 0.2) is 21.1 Å². The van der Waals surface area contributed by atoms with Gasteiger partial charge in [0.15, 0.2) is 0 Å². The number of carbonyl (C=O) groups is 2. The highest BCUT2D eigenvalue weighted by Gasteiger charge is 2.38. The molecule has 1 aliphatic rings. The number of likely N-dealkylation sites (tertiary alicyclic amines) is 1. The Morgan fingerprint density at radius 1 is 1.27 bits per heavy atom. The molecule has 1 aliphatic heterocycles. The Hall–Kier alpha value is -2.57. The summed E-state index contributed by atoms with van der Waals surface area (Å²) in [4.78, 5) is 26.1. The van der Waals surface area contributed by atoms with Crippen molar-refractivity contribution in [2.75, 3.05) is 13.1 Å². The van der Waals surface area contributed by atoms with Gasteiger partial charge in [0.25, 0.3) is 0 Å². The van der Waals surface area contributed by atoms with Gasteiger partial charge in [-0.3, -0.25) is 9.59 Å².